The Morgan fingerprint density at radius 2 is 1.58 bits per heavy atom. The van der Waals surface area contributed by atoms with E-state index in [0.29, 0.717) is 47.8 Å². The van der Waals surface area contributed by atoms with Gasteiger partial charge in [-0.3, -0.25) is 4.90 Å². The Morgan fingerprint density at radius 3 is 2.35 bits per heavy atom. The van der Waals surface area contributed by atoms with Gasteiger partial charge in [0.1, 0.15) is 0 Å². The van der Waals surface area contributed by atoms with Gasteiger partial charge in [-0.2, -0.15) is 0 Å². The summed E-state index contributed by atoms with van der Waals surface area (Å²) in [6, 6.07) is 2.00. The third kappa shape index (κ3) is 5.63. The monoisotopic (exact) mass is 737 g/mol. The highest BCUT2D eigenvalue weighted by atomic mass is 15.3. The van der Waals surface area contributed by atoms with E-state index in [2.05, 4.69) is 91.3 Å². The fourth-order valence-electron chi connectivity index (χ4n) is 16.7. The normalized spacial score (nSPS) is 43.2. The Morgan fingerprint density at radius 1 is 0.727 bits per heavy atom. The molecule has 11 rings (SSSR count). The molecule has 11 atom stereocenters. The highest BCUT2D eigenvalue weighted by Gasteiger charge is 2.69. The lowest BCUT2D eigenvalue weighted by atomic mass is 9.22. The van der Waals surface area contributed by atoms with Crippen molar-refractivity contribution in [1.29, 1.82) is 0 Å². The first-order valence-electron chi connectivity index (χ1n) is 24.3. The minimum absolute atomic E-state index is 0.177. The highest BCUT2D eigenvalue weighted by molar-refractivity contribution is 6.72. The van der Waals surface area contributed by atoms with Crippen LogP contribution in [0.4, 0.5) is 0 Å². The van der Waals surface area contributed by atoms with E-state index in [4.69, 9.17) is 0 Å². The van der Waals surface area contributed by atoms with E-state index in [-0.39, 0.29) is 5.54 Å². The molecule has 3 heterocycles. The van der Waals surface area contributed by atoms with E-state index in [0.717, 1.165) is 35.5 Å². The van der Waals surface area contributed by atoms with E-state index in [1.165, 1.54) is 135 Å². The van der Waals surface area contributed by atoms with Gasteiger partial charge in [0.25, 0.3) is 0 Å². The van der Waals surface area contributed by atoms with Crippen LogP contribution in [0.5, 0.6) is 0 Å². The lowest BCUT2D eigenvalue weighted by molar-refractivity contribution is 0.00605. The van der Waals surface area contributed by atoms with E-state index in [9.17, 15) is 0 Å². The zero-order chi connectivity index (χ0) is 36.9. The van der Waals surface area contributed by atoms with Crippen LogP contribution >= 0.6 is 0 Å². The average molecular weight is 737 g/mol. The molecule has 3 saturated carbocycles. The van der Waals surface area contributed by atoms with Gasteiger partial charge < -0.3 is 4.90 Å². The standard InChI is InChI=1S/C52H73BN2/c1-35-30-47-49-48(31-35)55-50-43(52(51(55,2)3)28-14-7-15-29-52)32-41(38-20-12-6-13-21-38)34-45(50)53(49)44-33-40(37-18-10-5-11-19-37)24-27-46(44)54(47)42-25-22-39(23-26-42)36-16-8-4-9-17-36/h4,8-10,16,18,22,25,31,34-40,42-44,46-47,49H,5-7,11-15,17,19-21,23-24,26-30,32-33H2,1-3H3. The van der Waals surface area contributed by atoms with Crippen LogP contribution in [-0.2, 0) is 0 Å². The van der Waals surface area contributed by atoms with Crippen molar-refractivity contribution in [3.05, 3.63) is 83.2 Å². The van der Waals surface area contributed by atoms with Gasteiger partial charge >= 0.3 is 0 Å². The number of hydrogen-bond acceptors (Lipinski definition) is 2. The van der Waals surface area contributed by atoms with Gasteiger partial charge in [0, 0.05) is 46.4 Å². The first kappa shape index (κ1) is 36.1. The molecule has 0 aromatic carbocycles. The summed E-state index contributed by atoms with van der Waals surface area (Å²) < 4.78 is 0. The van der Waals surface area contributed by atoms with Crippen molar-refractivity contribution in [2.75, 3.05) is 0 Å². The molecule has 0 amide bonds. The zero-order valence-electron chi connectivity index (χ0n) is 35.0. The van der Waals surface area contributed by atoms with Gasteiger partial charge in [-0.1, -0.05) is 124 Å². The fraction of sp³-hybridized carbons (Fsp3) is 0.731. The topological polar surface area (TPSA) is 6.48 Å². The smallest absolute Gasteiger partial charge is 0.194 e. The second-order valence-electron chi connectivity index (χ2n) is 21.9. The van der Waals surface area contributed by atoms with E-state index in [1.54, 1.807) is 0 Å². The van der Waals surface area contributed by atoms with Crippen LogP contribution in [0.25, 0.3) is 0 Å². The van der Waals surface area contributed by atoms with Gasteiger partial charge in [0.05, 0.1) is 0 Å². The summed E-state index contributed by atoms with van der Waals surface area (Å²) in [5.74, 6) is 6.75. The molecule has 11 aliphatic rings. The summed E-state index contributed by atoms with van der Waals surface area (Å²) >= 11 is 0. The summed E-state index contributed by atoms with van der Waals surface area (Å²) in [6.07, 6.45) is 55.8. The van der Waals surface area contributed by atoms with Crippen LogP contribution in [0.2, 0.25) is 11.6 Å². The van der Waals surface area contributed by atoms with Gasteiger partial charge in [0.15, 0.2) is 6.71 Å². The molecule has 0 radical (unpaired) electrons. The summed E-state index contributed by atoms with van der Waals surface area (Å²) in [5, 5.41) is 0. The predicted octanol–water partition coefficient (Wildman–Crippen LogP) is 13.2. The number of nitrogens with zero attached hydrogens (tertiary/aromatic N) is 2. The second-order valence-corrected chi connectivity index (χ2v) is 21.9. The Kier molecular flexibility index (Phi) is 9.25. The minimum Gasteiger partial charge on any atom is -0.343 e. The van der Waals surface area contributed by atoms with Gasteiger partial charge in [-0.05, 0) is 151 Å². The molecule has 8 aliphatic carbocycles. The third-order valence-corrected chi connectivity index (χ3v) is 19.1. The molecule has 2 saturated heterocycles. The minimum atomic E-state index is 0.177. The van der Waals surface area contributed by atoms with Crippen LogP contribution in [0.3, 0.4) is 0 Å². The first-order chi connectivity index (χ1) is 26.9. The number of hydrogen-bond donors (Lipinski definition) is 0. The molecule has 294 valence electrons. The first-order valence-corrected chi connectivity index (χ1v) is 24.3. The maximum Gasteiger partial charge on any atom is 0.194 e. The molecular formula is C52H73BN2. The molecule has 1 spiro atoms. The summed E-state index contributed by atoms with van der Waals surface area (Å²) in [4.78, 5) is 6.46. The fourth-order valence-corrected chi connectivity index (χ4v) is 16.7. The third-order valence-electron chi connectivity index (χ3n) is 19.1. The quantitative estimate of drug-likeness (QED) is 0.209. The van der Waals surface area contributed by atoms with Crippen molar-refractivity contribution < 1.29 is 0 Å². The maximum atomic E-state index is 3.29. The maximum absolute atomic E-state index is 3.29. The Hall–Kier alpha value is -2.00. The summed E-state index contributed by atoms with van der Waals surface area (Å²) in [6.45, 7) is 8.83. The Bertz CT molecular complexity index is 1710. The van der Waals surface area contributed by atoms with Crippen molar-refractivity contribution in [2.45, 2.75) is 191 Å². The van der Waals surface area contributed by atoms with Crippen molar-refractivity contribution in [2.24, 2.45) is 46.8 Å². The van der Waals surface area contributed by atoms with Crippen LogP contribution in [0, 0.1) is 46.8 Å². The van der Waals surface area contributed by atoms with Gasteiger partial charge in [-0.25, -0.2) is 0 Å². The lowest BCUT2D eigenvalue weighted by Gasteiger charge is -2.64. The number of rotatable bonds is 4. The molecule has 3 aliphatic heterocycles. The van der Waals surface area contributed by atoms with Crippen molar-refractivity contribution in [1.82, 2.24) is 9.80 Å². The van der Waals surface area contributed by atoms with Crippen LogP contribution in [0.15, 0.2) is 83.2 Å². The van der Waals surface area contributed by atoms with Crippen LogP contribution in [-0.4, -0.2) is 40.2 Å². The molecule has 2 nitrogen and oxygen atoms in total. The lowest BCUT2D eigenvalue weighted by Crippen LogP contribution is -2.67. The number of fused-ring (bicyclic) bond motifs is 5. The average Bonchev–Trinajstić information content (AvgIpc) is 3.42. The molecule has 55 heavy (non-hydrogen) atoms. The second kappa shape index (κ2) is 14.1. The SMILES string of the molecule is CC1C=C2C3B(C4=C5C(CC(C6CCCCC6)=C4)C4(CCCCC4)C(C)(C)N25)C2CC(C4C=CCCC4)CCC2N(C2C=CC(C4C=CC=CC4)CC2)C3C1. The molecule has 0 aromatic rings. The predicted molar refractivity (Wildman–Crippen MR) is 232 cm³/mol. The number of allylic oxidation sites excluding steroid dienone is 12. The Balaban J connectivity index is 1.06. The molecule has 3 heteroatoms. The molecule has 0 N–H and O–H groups in total. The summed E-state index contributed by atoms with van der Waals surface area (Å²) in [7, 11) is 0. The van der Waals surface area contributed by atoms with E-state index in [1.807, 2.05) is 22.4 Å². The van der Waals surface area contributed by atoms with Crippen LogP contribution < -0.4 is 0 Å². The van der Waals surface area contributed by atoms with Crippen molar-refractivity contribution in [3.8, 4) is 0 Å². The largest absolute Gasteiger partial charge is 0.343 e. The highest BCUT2D eigenvalue weighted by Crippen LogP contribution is 2.71. The molecule has 5 fully saturated rings. The van der Waals surface area contributed by atoms with E-state index >= 15 is 0 Å². The van der Waals surface area contributed by atoms with Crippen molar-refractivity contribution in [3.63, 3.8) is 0 Å². The molecule has 0 aromatic heterocycles. The van der Waals surface area contributed by atoms with Crippen molar-refractivity contribution >= 4 is 6.71 Å². The Labute approximate surface area is 336 Å². The molecule has 0 bridgehead atoms. The summed E-state index contributed by atoms with van der Waals surface area (Å²) in [5.41, 5.74) is 8.13. The molecule has 11 unspecified atom stereocenters. The zero-order valence-corrected chi connectivity index (χ0v) is 35.0. The molecular weight excluding hydrogens is 663 g/mol. The van der Waals surface area contributed by atoms with Gasteiger partial charge in [-0.15, -0.1) is 0 Å². The van der Waals surface area contributed by atoms with Crippen LogP contribution in [0.1, 0.15) is 156 Å². The van der Waals surface area contributed by atoms with Gasteiger partial charge in [0.2, 0.25) is 0 Å². The van der Waals surface area contributed by atoms with E-state index < -0.39 is 0 Å².